The first kappa shape index (κ1) is 27.0. The van der Waals surface area contributed by atoms with E-state index in [1.54, 1.807) is 13.8 Å². The molecule has 0 spiro atoms. The van der Waals surface area contributed by atoms with Gasteiger partial charge in [-0.1, -0.05) is 19.4 Å². The zero-order valence-electron chi connectivity index (χ0n) is 20.3. The molecule has 0 bridgehead atoms. The molecule has 1 fully saturated rings. The minimum atomic E-state index is -10.1. The van der Waals surface area contributed by atoms with E-state index in [9.17, 15) is 24.2 Å². The van der Waals surface area contributed by atoms with Gasteiger partial charge in [-0.15, -0.1) is 0 Å². The largest absolute Gasteiger partial charge is 0.490 e. The molecule has 1 N–H and O–H groups in total. The summed E-state index contributed by atoms with van der Waals surface area (Å²) < 4.78 is 94.6. The predicted molar refractivity (Wildman–Crippen MR) is 130 cm³/mol. The van der Waals surface area contributed by atoms with Crippen LogP contribution in [-0.4, -0.2) is 49.4 Å². The van der Waals surface area contributed by atoms with E-state index < -0.39 is 38.8 Å². The second kappa shape index (κ2) is 8.74. The third kappa shape index (κ3) is 5.46. The van der Waals surface area contributed by atoms with Crippen molar-refractivity contribution in [2.45, 2.75) is 38.1 Å². The van der Waals surface area contributed by atoms with Gasteiger partial charge >= 0.3 is 10.2 Å². The van der Waals surface area contributed by atoms with Crippen LogP contribution in [0.3, 0.4) is 0 Å². The van der Waals surface area contributed by atoms with Crippen molar-refractivity contribution in [2.75, 3.05) is 37.7 Å². The topological polar surface area (TPSA) is 65.9 Å². The molecule has 204 valence electrons. The Morgan fingerprint density at radius 3 is 2.24 bits per heavy atom. The molecular weight excluding hydrogens is 524 g/mol. The van der Waals surface area contributed by atoms with E-state index in [0.29, 0.717) is 37.6 Å². The van der Waals surface area contributed by atoms with Gasteiger partial charge < -0.3 is 19.3 Å². The van der Waals surface area contributed by atoms with E-state index in [4.69, 9.17) is 14.9 Å². The van der Waals surface area contributed by atoms with Crippen LogP contribution in [-0.2, 0) is 6.54 Å². The number of Topliss-reactive ketones (excluding diaryl/α,β-unsaturated/α-hetero) is 1. The fourth-order valence-electron chi connectivity index (χ4n) is 4.55. The summed E-state index contributed by atoms with van der Waals surface area (Å²) in [5, 5.41) is 8.40. The summed E-state index contributed by atoms with van der Waals surface area (Å²) in [5.74, 6) is -2.17. The van der Waals surface area contributed by atoms with E-state index in [2.05, 4.69) is 0 Å². The van der Waals surface area contributed by atoms with Gasteiger partial charge in [-0.05, 0) is 56.5 Å². The number of ketones is 1. The Kier molecular flexibility index (Phi) is 6.37. The molecule has 2 aliphatic heterocycles. The molecule has 1 saturated heterocycles. The molecule has 2 heterocycles. The fraction of sp³-hybridized carbons (Fsp3) is 0.417. The van der Waals surface area contributed by atoms with Crippen molar-refractivity contribution < 1.29 is 38.1 Å². The number of nitrogens with one attached hydrogen (secondary N) is 1. The van der Waals surface area contributed by atoms with Crippen LogP contribution < -0.4 is 14.4 Å². The Balaban J connectivity index is 1.67. The summed E-state index contributed by atoms with van der Waals surface area (Å²) >= 11 is 0. The molecule has 0 atom stereocenters. The van der Waals surface area contributed by atoms with E-state index in [1.165, 1.54) is 15.9 Å². The van der Waals surface area contributed by atoms with Gasteiger partial charge in [0, 0.05) is 30.9 Å². The molecule has 0 unspecified atom stereocenters. The van der Waals surface area contributed by atoms with Crippen LogP contribution >= 0.6 is 10.2 Å². The lowest BCUT2D eigenvalue weighted by molar-refractivity contribution is 0.0962. The highest BCUT2D eigenvalue weighted by Gasteiger charge is 2.65. The average molecular weight is 552 g/mol. The second-order valence-electron chi connectivity index (χ2n) is 8.92. The van der Waals surface area contributed by atoms with Crippen molar-refractivity contribution in [3.63, 3.8) is 0 Å². The number of carbonyl (C=O) groups excluding carboxylic acids is 1. The van der Waals surface area contributed by atoms with Crippen LogP contribution in [0.1, 0.15) is 48.2 Å². The lowest BCUT2D eigenvalue weighted by Crippen LogP contribution is -2.31. The second-order valence-corrected chi connectivity index (χ2v) is 11.3. The number of rotatable bonds is 9. The monoisotopic (exact) mass is 551 g/mol. The lowest BCUT2D eigenvalue weighted by atomic mass is 10.1. The van der Waals surface area contributed by atoms with Crippen LogP contribution in [0.4, 0.5) is 29.5 Å². The number of nitrogens with zero attached hydrogens (tertiary/aromatic N) is 2. The Bertz CT molecular complexity index is 1260. The molecule has 6 nitrogen and oxygen atoms in total. The number of halogens is 6. The van der Waals surface area contributed by atoms with Gasteiger partial charge in [0.05, 0.1) is 25.3 Å². The Morgan fingerprint density at radius 2 is 1.65 bits per heavy atom. The molecule has 0 aliphatic carbocycles. The van der Waals surface area contributed by atoms with Crippen molar-refractivity contribution >= 4 is 27.5 Å². The maximum Gasteiger partial charge on any atom is 0.310 e. The fourth-order valence-corrected chi connectivity index (χ4v) is 5.24. The normalized spacial score (nSPS) is 17.5. The number of hydrogen-bond donors (Lipinski definition) is 1. The minimum Gasteiger partial charge on any atom is -0.490 e. The summed E-state index contributed by atoms with van der Waals surface area (Å²) in [6.45, 7) is 3.77. The zero-order valence-corrected chi connectivity index (χ0v) is 21.1. The molecular formula is C24H27F6N3O3S. The molecule has 0 saturated carbocycles. The van der Waals surface area contributed by atoms with Crippen molar-refractivity contribution in [3.8, 4) is 11.5 Å². The highest BCUT2D eigenvalue weighted by Crippen LogP contribution is 3.02. The maximum absolute atomic E-state index is 15.3. The van der Waals surface area contributed by atoms with Gasteiger partial charge in [0.25, 0.3) is 0 Å². The van der Waals surface area contributed by atoms with E-state index in [0.717, 1.165) is 6.07 Å². The standard InChI is InChI=1S/C24H27F6N3O3S/c1-3-35-20-11-16-13-33(24(31)21(16)22(25)23(20)36-4-2)14-19(34)15-9-17(32-7-5-6-8-32)12-18(10-15)37(26,27,28,29)30/h9-12,31H,3-8,13-14H2,1-2H3. The van der Waals surface area contributed by atoms with Gasteiger partial charge in [-0.2, -0.15) is 0 Å². The third-order valence-electron chi connectivity index (χ3n) is 6.24. The van der Waals surface area contributed by atoms with Gasteiger partial charge in [-0.3, -0.25) is 10.2 Å². The number of benzene rings is 2. The SMILES string of the molecule is CCOc1cc2c(c(F)c1OCC)C(=N)N(CC(=O)c1cc(N3CCCC3)cc(S(F)(F)(F)(F)F)c1)C2. The first-order valence-corrected chi connectivity index (χ1v) is 13.7. The van der Waals surface area contributed by atoms with Crippen molar-refractivity contribution in [1.82, 2.24) is 4.90 Å². The number of hydrogen-bond acceptors (Lipinski definition) is 5. The molecule has 4 rings (SSSR count). The number of amidine groups is 1. The zero-order chi connectivity index (χ0) is 27.2. The van der Waals surface area contributed by atoms with Crippen LogP contribution in [0.15, 0.2) is 29.2 Å². The summed E-state index contributed by atoms with van der Waals surface area (Å²) in [4.78, 5) is 13.6. The summed E-state index contributed by atoms with van der Waals surface area (Å²) in [6.07, 6.45) is 1.37. The van der Waals surface area contributed by atoms with E-state index >= 15 is 4.39 Å². The molecule has 2 aromatic rings. The molecule has 0 radical (unpaired) electrons. The number of anilines is 1. The average Bonchev–Trinajstić information content (AvgIpc) is 3.44. The van der Waals surface area contributed by atoms with Gasteiger partial charge in [0.2, 0.25) is 0 Å². The third-order valence-corrected chi connectivity index (χ3v) is 7.36. The lowest BCUT2D eigenvalue weighted by Gasteiger charge is -2.41. The summed E-state index contributed by atoms with van der Waals surface area (Å²) in [6, 6.07) is 3.20. The quantitative estimate of drug-likeness (QED) is 0.271. The van der Waals surface area contributed by atoms with E-state index in [-0.39, 0.29) is 54.4 Å². The van der Waals surface area contributed by atoms with Crippen LogP contribution in [0.5, 0.6) is 11.5 Å². The number of fused-ring (bicyclic) bond motifs is 1. The summed E-state index contributed by atoms with van der Waals surface area (Å²) in [5.41, 5.74) is -0.444. The Labute approximate surface area is 210 Å². The number of carbonyl (C=O) groups is 1. The molecule has 0 amide bonds. The molecule has 37 heavy (non-hydrogen) atoms. The minimum absolute atomic E-state index is 0.0937. The molecule has 0 aromatic heterocycles. The van der Waals surface area contributed by atoms with Crippen LogP contribution in [0, 0.1) is 11.2 Å². The van der Waals surface area contributed by atoms with Gasteiger partial charge in [0.1, 0.15) is 10.7 Å². The summed E-state index contributed by atoms with van der Waals surface area (Å²) in [7, 11) is -10.1. The number of ether oxygens (including phenoxy) is 2. The first-order valence-electron chi connectivity index (χ1n) is 11.7. The Morgan fingerprint density at radius 1 is 1.00 bits per heavy atom. The van der Waals surface area contributed by atoms with Gasteiger partial charge in [0.15, 0.2) is 23.1 Å². The van der Waals surface area contributed by atoms with E-state index in [1.807, 2.05) is 0 Å². The van der Waals surface area contributed by atoms with Crippen LogP contribution in [0.2, 0.25) is 0 Å². The van der Waals surface area contributed by atoms with Crippen LogP contribution in [0.25, 0.3) is 0 Å². The molecule has 2 aliphatic rings. The maximum atomic E-state index is 15.3. The van der Waals surface area contributed by atoms with Crippen molar-refractivity contribution in [2.24, 2.45) is 0 Å². The smallest absolute Gasteiger partial charge is 0.310 e. The van der Waals surface area contributed by atoms with Crippen molar-refractivity contribution in [1.29, 1.82) is 5.41 Å². The predicted octanol–water partition coefficient (Wildman–Crippen LogP) is 6.90. The van der Waals surface area contributed by atoms with Crippen molar-refractivity contribution in [3.05, 3.63) is 46.8 Å². The Hall–Kier alpha value is -3.09. The highest BCUT2D eigenvalue weighted by atomic mass is 32.5. The molecule has 2 aromatic carbocycles. The van der Waals surface area contributed by atoms with Gasteiger partial charge in [-0.25, -0.2) is 4.39 Å². The first-order chi connectivity index (χ1) is 17.1. The highest BCUT2D eigenvalue weighted by molar-refractivity contribution is 8.45. The molecule has 13 heteroatoms.